The molecule has 0 fully saturated rings. The summed E-state index contributed by atoms with van der Waals surface area (Å²) in [5, 5.41) is 0. The zero-order valence-corrected chi connectivity index (χ0v) is 16.5. The Balaban J connectivity index is 2.17. The van der Waals surface area contributed by atoms with E-state index in [1.54, 1.807) is 26.0 Å². The van der Waals surface area contributed by atoms with Crippen LogP contribution in [0.4, 0.5) is 14.5 Å². The summed E-state index contributed by atoms with van der Waals surface area (Å²) in [5.41, 5.74) is 2.38. The number of hydrogen-bond acceptors (Lipinski definition) is 3. The third-order valence-electron chi connectivity index (χ3n) is 4.10. The van der Waals surface area contributed by atoms with E-state index in [1.165, 1.54) is 17.9 Å². The molecule has 0 spiro atoms. The van der Waals surface area contributed by atoms with Crippen molar-refractivity contribution in [2.45, 2.75) is 32.6 Å². The van der Waals surface area contributed by atoms with Crippen molar-refractivity contribution in [3.05, 3.63) is 58.7 Å². The molecule has 0 saturated heterocycles. The number of halogens is 2. The number of sulfonamides is 1. The summed E-state index contributed by atoms with van der Waals surface area (Å²) in [4.78, 5) is 13.2. The average Bonchev–Trinajstić information content (AvgIpc) is 2.52. The molecule has 0 aliphatic heterocycles. The highest BCUT2D eigenvalue weighted by Gasteiger charge is 2.21. The maximum Gasteiger partial charge on any atom is 0.241 e. The number of nitrogens with zero attached hydrogens (tertiary/aromatic N) is 1. The number of nitrogens with one attached hydrogen (secondary N) is 1. The third-order valence-corrected chi connectivity index (χ3v) is 5.86. The van der Waals surface area contributed by atoms with Crippen LogP contribution in [0.3, 0.4) is 0 Å². The SMILES string of the molecule is CC(=O)N(CCNS(=O)(=O)c1c(C)cc(C)cc1C)c1ccc(F)c(F)c1. The topological polar surface area (TPSA) is 66.5 Å². The van der Waals surface area contributed by atoms with Gasteiger partial charge in [-0.2, -0.15) is 0 Å². The smallest absolute Gasteiger partial charge is 0.241 e. The number of rotatable bonds is 6. The van der Waals surface area contributed by atoms with Gasteiger partial charge in [0.05, 0.1) is 4.90 Å². The standard InChI is InChI=1S/C19H22F2N2O3S/c1-12-9-13(2)19(14(3)10-12)27(25,26)22-7-8-23(15(4)24)16-5-6-17(20)18(21)11-16/h5-6,9-11,22H,7-8H2,1-4H3. The van der Waals surface area contributed by atoms with E-state index in [9.17, 15) is 22.0 Å². The average molecular weight is 396 g/mol. The lowest BCUT2D eigenvalue weighted by atomic mass is 10.1. The predicted octanol–water partition coefficient (Wildman–Crippen LogP) is 3.22. The molecule has 0 heterocycles. The van der Waals surface area contributed by atoms with Crippen LogP contribution in [0.2, 0.25) is 0 Å². The third kappa shape index (κ3) is 4.90. The molecule has 8 heteroatoms. The second-order valence-corrected chi connectivity index (χ2v) is 8.10. The van der Waals surface area contributed by atoms with Gasteiger partial charge in [-0.15, -0.1) is 0 Å². The number of benzene rings is 2. The van der Waals surface area contributed by atoms with Crippen molar-refractivity contribution in [3.63, 3.8) is 0 Å². The van der Waals surface area contributed by atoms with Crippen LogP contribution in [-0.4, -0.2) is 27.4 Å². The van der Waals surface area contributed by atoms with Crippen LogP contribution < -0.4 is 9.62 Å². The molecule has 0 unspecified atom stereocenters. The van der Waals surface area contributed by atoms with E-state index in [-0.39, 0.29) is 23.7 Å². The second kappa shape index (κ2) is 8.14. The van der Waals surface area contributed by atoms with E-state index >= 15 is 0 Å². The van der Waals surface area contributed by atoms with Gasteiger partial charge in [0.1, 0.15) is 0 Å². The lowest BCUT2D eigenvalue weighted by molar-refractivity contribution is -0.116. The van der Waals surface area contributed by atoms with Crippen molar-refractivity contribution in [2.24, 2.45) is 0 Å². The number of carbonyl (C=O) groups excluding carboxylic acids is 1. The molecule has 2 rings (SSSR count). The first-order valence-corrected chi connectivity index (χ1v) is 9.82. The quantitative estimate of drug-likeness (QED) is 0.815. The van der Waals surface area contributed by atoms with Gasteiger partial charge in [-0.25, -0.2) is 21.9 Å². The molecule has 0 aliphatic carbocycles. The summed E-state index contributed by atoms with van der Waals surface area (Å²) < 4.78 is 54.3. The Kier molecular flexibility index (Phi) is 6.33. The van der Waals surface area contributed by atoms with E-state index in [1.807, 2.05) is 6.92 Å². The van der Waals surface area contributed by atoms with Gasteiger partial charge in [-0.1, -0.05) is 17.7 Å². The van der Waals surface area contributed by atoms with Gasteiger partial charge >= 0.3 is 0 Å². The Morgan fingerprint density at radius 1 is 1.04 bits per heavy atom. The maximum atomic E-state index is 13.4. The highest BCUT2D eigenvalue weighted by Crippen LogP contribution is 2.22. The minimum Gasteiger partial charge on any atom is -0.311 e. The largest absolute Gasteiger partial charge is 0.311 e. The van der Waals surface area contributed by atoms with E-state index in [0.29, 0.717) is 11.1 Å². The van der Waals surface area contributed by atoms with Gasteiger partial charge in [0.15, 0.2) is 11.6 Å². The molecular formula is C19H22F2N2O3S. The maximum absolute atomic E-state index is 13.4. The molecule has 146 valence electrons. The van der Waals surface area contributed by atoms with Crippen LogP contribution in [0.25, 0.3) is 0 Å². The fourth-order valence-electron chi connectivity index (χ4n) is 3.08. The molecule has 5 nitrogen and oxygen atoms in total. The van der Waals surface area contributed by atoms with Crippen molar-refractivity contribution < 1.29 is 22.0 Å². The Bertz CT molecular complexity index is 952. The molecule has 0 saturated carbocycles. The Hall–Kier alpha value is -2.32. The molecule has 0 radical (unpaired) electrons. The summed E-state index contributed by atoms with van der Waals surface area (Å²) >= 11 is 0. The van der Waals surface area contributed by atoms with Crippen molar-refractivity contribution in [2.75, 3.05) is 18.0 Å². The molecule has 2 aromatic rings. The van der Waals surface area contributed by atoms with Gasteiger partial charge in [0.25, 0.3) is 0 Å². The summed E-state index contributed by atoms with van der Waals surface area (Å²) in [6, 6.07) is 6.65. The van der Waals surface area contributed by atoms with Crippen LogP contribution in [0, 0.1) is 32.4 Å². The van der Waals surface area contributed by atoms with Gasteiger partial charge in [0, 0.05) is 31.8 Å². The molecule has 0 bridgehead atoms. The Morgan fingerprint density at radius 2 is 1.63 bits per heavy atom. The number of hydrogen-bond donors (Lipinski definition) is 1. The number of carbonyl (C=O) groups is 1. The first-order chi connectivity index (χ1) is 12.5. The summed E-state index contributed by atoms with van der Waals surface area (Å²) in [7, 11) is -3.78. The Labute approximate surface area is 158 Å². The fraction of sp³-hybridized carbons (Fsp3) is 0.316. The second-order valence-electron chi connectivity index (χ2n) is 6.39. The van der Waals surface area contributed by atoms with Crippen molar-refractivity contribution in [3.8, 4) is 0 Å². The number of aryl methyl sites for hydroxylation is 3. The van der Waals surface area contributed by atoms with E-state index in [2.05, 4.69) is 4.72 Å². The monoisotopic (exact) mass is 396 g/mol. The Morgan fingerprint density at radius 3 is 2.15 bits per heavy atom. The zero-order valence-electron chi connectivity index (χ0n) is 15.6. The van der Waals surface area contributed by atoms with Gasteiger partial charge in [0.2, 0.25) is 15.9 Å². The van der Waals surface area contributed by atoms with Gasteiger partial charge < -0.3 is 4.90 Å². The predicted molar refractivity (Wildman–Crippen MR) is 100 cm³/mol. The van der Waals surface area contributed by atoms with Crippen LogP contribution in [-0.2, 0) is 14.8 Å². The molecule has 27 heavy (non-hydrogen) atoms. The van der Waals surface area contributed by atoms with Crippen LogP contribution in [0.15, 0.2) is 35.2 Å². The van der Waals surface area contributed by atoms with E-state index < -0.39 is 27.6 Å². The number of anilines is 1. The minimum atomic E-state index is -3.78. The first kappa shape index (κ1) is 21.0. The summed E-state index contributed by atoms with van der Waals surface area (Å²) in [6.45, 7) is 6.49. The minimum absolute atomic E-state index is 0.0242. The van der Waals surface area contributed by atoms with Gasteiger partial charge in [-0.05, 0) is 44.0 Å². The highest BCUT2D eigenvalue weighted by molar-refractivity contribution is 7.89. The van der Waals surface area contributed by atoms with E-state index in [4.69, 9.17) is 0 Å². The molecule has 2 aromatic carbocycles. The molecule has 0 aliphatic rings. The van der Waals surface area contributed by atoms with Gasteiger partial charge in [-0.3, -0.25) is 4.79 Å². The lowest BCUT2D eigenvalue weighted by Gasteiger charge is -2.22. The molecule has 1 N–H and O–H groups in total. The van der Waals surface area contributed by atoms with Crippen LogP contribution in [0.5, 0.6) is 0 Å². The molecule has 1 amide bonds. The fourth-order valence-corrected chi connectivity index (χ4v) is 4.55. The summed E-state index contributed by atoms with van der Waals surface area (Å²) in [6.07, 6.45) is 0. The van der Waals surface area contributed by atoms with Crippen molar-refractivity contribution in [1.82, 2.24) is 4.72 Å². The first-order valence-electron chi connectivity index (χ1n) is 8.33. The van der Waals surface area contributed by atoms with Crippen molar-refractivity contribution >= 4 is 21.6 Å². The molecule has 0 atom stereocenters. The normalized spacial score (nSPS) is 11.5. The van der Waals surface area contributed by atoms with Crippen LogP contribution in [0.1, 0.15) is 23.6 Å². The molecule has 0 aromatic heterocycles. The van der Waals surface area contributed by atoms with E-state index in [0.717, 1.165) is 17.7 Å². The van der Waals surface area contributed by atoms with Crippen LogP contribution >= 0.6 is 0 Å². The summed E-state index contributed by atoms with van der Waals surface area (Å²) in [5.74, 6) is -2.51. The lowest BCUT2D eigenvalue weighted by Crippen LogP contribution is -2.38. The van der Waals surface area contributed by atoms with Crippen molar-refractivity contribution in [1.29, 1.82) is 0 Å². The number of amides is 1. The zero-order chi connectivity index (χ0) is 20.4. The molecular weight excluding hydrogens is 374 g/mol. The highest BCUT2D eigenvalue weighted by atomic mass is 32.2.